The number of ether oxygens (including phenoxy) is 1. The zero-order valence-electron chi connectivity index (χ0n) is 16.2. The minimum absolute atomic E-state index is 0.0782. The molecule has 3 rings (SSSR count). The molecule has 0 aromatic carbocycles. The molecule has 2 atom stereocenters. The summed E-state index contributed by atoms with van der Waals surface area (Å²) in [6.07, 6.45) is 1.49. The molecule has 2 aliphatic rings. The second-order valence-electron chi connectivity index (χ2n) is 8.11. The van der Waals surface area contributed by atoms with Gasteiger partial charge in [-0.1, -0.05) is 5.92 Å². The van der Waals surface area contributed by atoms with Crippen LogP contribution in [0.25, 0.3) is 0 Å². The lowest BCUT2D eigenvalue weighted by molar-refractivity contribution is -0.115. The van der Waals surface area contributed by atoms with Crippen molar-refractivity contribution >= 4 is 12.0 Å². The van der Waals surface area contributed by atoms with E-state index in [1.54, 1.807) is 31.7 Å². The van der Waals surface area contributed by atoms with Crippen molar-refractivity contribution < 1.29 is 23.1 Å². The van der Waals surface area contributed by atoms with Crippen molar-refractivity contribution in [2.45, 2.75) is 57.7 Å². The fourth-order valence-electron chi connectivity index (χ4n) is 2.98. The standard InChI is InChI=1S/C19H24F2N4O3/c1-18(2,3)28-17(27)24-9-7-13(12-24)4-5-16(26)22-11-14-6-8-23-25(14)15-10-19(15,20)21/h6,8,13,15H,7,9-12H2,1-3H3,(H,22,26). The number of likely N-dealkylation sites (tertiary alicyclic amines) is 1. The van der Waals surface area contributed by atoms with E-state index in [1.807, 2.05) is 0 Å². The van der Waals surface area contributed by atoms with Crippen molar-refractivity contribution in [3.05, 3.63) is 18.0 Å². The molecule has 9 heteroatoms. The Kier molecular flexibility index (Phi) is 5.33. The number of aromatic nitrogens is 2. The minimum atomic E-state index is -2.73. The average Bonchev–Trinajstić information content (AvgIpc) is 3.01. The zero-order chi connectivity index (χ0) is 20.5. The van der Waals surface area contributed by atoms with Gasteiger partial charge in [-0.15, -0.1) is 0 Å². The summed E-state index contributed by atoms with van der Waals surface area (Å²) in [7, 11) is 0. The average molecular weight is 394 g/mol. The number of hydrogen-bond acceptors (Lipinski definition) is 4. The number of hydrogen-bond donors (Lipinski definition) is 1. The quantitative estimate of drug-likeness (QED) is 0.799. The van der Waals surface area contributed by atoms with E-state index in [0.717, 1.165) is 0 Å². The first-order chi connectivity index (χ1) is 13.0. The van der Waals surface area contributed by atoms with E-state index in [2.05, 4.69) is 22.3 Å². The van der Waals surface area contributed by atoms with E-state index in [0.29, 0.717) is 25.2 Å². The van der Waals surface area contributed by atoms with Crippen molar-refractivity contribution in [1.82, 2.24) is 20.0 Å². The van der Waals surface area contributed by atoms with Crippen LogP contribution >= 0.6 is 0 Å². The number of nitrogens with zero attached hydrogens (tertiary/aromatic N) is 3. The first-order valence-corrected chi connectivity index (χ1v) is 9.23. The van der Waals surface area contributed by atoms with Gasteiger partial charge in [-0.05, 0) is 39.2 Å². The maximum Gasteiger partial charge on any atom is 0.410 e. The van der Waals surface area contributed by atoms with Gasteiger partial charge in [0.15, 0.2) is 0 Å². The SMILES string of the molecule is CC(C)(C)OC(=O)N1CCC(C#CC(=O)NCc2ccnn2C2CC2(F)F)C1. The molecule has 0 radical (unpaired) electrons. The summed E-state index contributed by atoms with van der Waals surface area (Å²) in [6.45, 7) is 6.44. The van der Waals surface area contributed by atoms with Crippen molar-refractivity contribution in [2.24, 2.45) is 5.92 Å². The van der Waals surface area contributed by atoms with Crippen molar-refractivity contribution in [2.75, 3.05) is 13.1 Å². The summed E-state index contributed by atoms with van der Waals surface area (Å²) in [5, 5.41) is 6.51. The highest BCUT2D eigenvalue weighted by Crippen LogP contribution is 2.52. The van der Waals surface area contributed by atoms with Gasteiger partial charge in [-0.3, -0.25) is 9.48 Å². The second kappa shape index (κ2) is 7.41. The molecular weight excluding hydrogens is 370 g/mol. The molecule has 1 aromatic rings. The summed E-state index contributed by atoms with van der Waals surface area (Å²) >= 11 is 0. The first kappa shape index (κ1) is 20.1. The van der Waals surface area contributed by atoms with E-state index in [4.69, 9.17) is 4.74 Å². The Bertz CT molecular complexity index is 819. The fourth-order valence-corrected chi connectivity index (χ4v) is 2.98. The molecule has 2 heterocycles. The number of carbonyl (C=O) groups is 2. The highest BCUT2D eigenvalue weighted by atomic mass is 19.3. The van der Waals surface area contributed by atoms with Crippen LogP contribution in [0.5, 0.6) is 0 Å². The van der Waals surface area contributed by atoms with Crippen LogP contribution in [0.15, 0.2) is 12.3 Å². The largest absolute Gasteiger partial charge is 0.444 e. The molecule has 0 bridgehead atoms. The number of carbonyl (C=O) groups excluding carboxylic acids is 2. The summed E-state index contributed by atoms with van der Waals surface area (Å²) < 4.78 is 33.0. The molecule has 1 saturated carbocycles. The predicted octanol–water partition coefficient (Wildman–Crippen LogP) is 2.34. The minimum Gasteiger partial charge on any atom is -0.444 e. The molecule has 1 aromatic heterocycles. The Morgan fingerprint density at radius 3 is 2.79 bits per heavy atom. The first-order valence-electron chi connectivity index (χ1n) is 9.23. The molecule has 7 nitrogen and oxygen atoms in total. The van der Waals surface area contributed by atoms with Crippen LogP contribution in [0.1, 0.15) is 45.3 Å². The Hall–Kier alpha value is -2.63. The normalized spacial score (nSPS) is 23.0. The lowest BCUT2D eigenvalue weighted by Gasteiger charge is -2.24. The highest BCUT2D eigenvalue weighted by molar-refractivity contribution is 5.93. The van der Waals surface area contributed by atoms with Gasteiger partial charge in [-0.2, -0.15) is 5.10 Å². The van der Waals surface area contributed by atoms with E-state index in [9.17, 15) is 18.4 Å². The summed E-state index contributed by atoms with van der Waals surface area (Å²) in [4.78, 5) is 25.6. The molecule has 1 aliphatic carbocycles. The third-order valence-corrected chi connectivity index (χ3v) is 4.50. The molecular formula is C19H24F2N4O3. The number of halogens is 2. The van der Waals surface area contributed by atoms with Gasteiger partial charge in [0.2, 0.25) is 0 Å². The second-order valence-corrected chi connectivity index (χ2v) is 8.11. The van der Waals surface area contributed by atoms with Crippen molar-refractivity contribution in [3.8, 4) is 11.8 Å². The van der Waals surface area contributed by atoms with Crippen LogP contribution < -0.4 is 5.32 Å². The molecule has 28 heavy (non-hydrogen) atoms. The van der Waals surface area contributed by atoms with Crippen LogP contribution in [0, 0.1) is 17.8 Å². The van der Waals surface area contributed by atoms with Gasteiger partial charge in [-0.25, -0.2) is 13.6 Å². The molecule has 1 aliphatic heterocycles. The molecule has 2 fully saturated rings. The van der Waals surface area contributed by atoms with Gasteiger partial charge < -0.3 is 15.0 Å². The van der Waals surface area contributed by atoms with E-state index in [1.165, 1.54) is 10.9 Å². The lowest BCUT2D eigenvalue weighted by atomic mass is 10.1. The molecule has 0 spiro atoms. The Morgan fingerprint density at radius 1 is 1.43 bits per heavy atom. The smallest absolute Gasteiger partial charge is 0.410 e. The Morgan fingerprint density at radius 2 is 2.14 bits per heavy atom. The van der Waals surface area contributed by atoms with Crippen molar-refractivity contribution in [3.63, 3.8) is 0 Å². The van der Waals surface area contributed by atoms with Gasteiger partial charge in [0.25, 0.3) is 11.8 Å². The Balaban J connectivity index is 1.46. The summed E-state index contributed by atoms with van der Waals surface area (Å²) in [6, 6.07) is 0.662. The van der Waals surface area contributed by atoms with Gasteiger partial charge in [0.05, 0.1) is 12.2 Å². The van der Waals surface area contributed by atoms with Gasteiger partial charge in [0, 0.05) is 31.6 Å². The van der Waals surface area contributed by atoms with E-state index in [-0.39, 0.29) is 25.0 Å². The predicted molar refractivity (Wildman–Crippen MR) is 96.4 cm³/mol. The monoisotopic (exact) mass is 394 g/mol. The van der Waals surface area contributed by atoms with E-state index >= 15 is 0 Å². The maximum atomic E-state index is 13.2. The van der Waals surface area contributed by atoms with Crippen molar-refractivity contribution in [1.29, 1.82) is 0 Å². The third-order valence-electron chi connectivity index (χ3n) is 4.50. The Labute approximate surface area is 162 Å². The summed E-state index contributed by atoms with van der Waals surface area (Å²) in [5.41, 5.74) is -0.0492. The van der Waals surface area contributed by atoms with Crippen LogP contribution in [-0.4, -0.2) is 51.3 Å². The van der Waals surface area contributed by atoms with E-state index < -0.39 is 23.5 Å². The van der Waals surface area contributed by atoms with Crippen LogP contribution in [0.2, 0.25) is 0 Å². The fraction of sp³-hybridized carbons (Fsp3) is 0.632. The molecule has 152 valence electrons. The molecule has 1 N–H and O–H groups in total. The van der Waals surface area contributed by atoms with Gasteiger partial charge >= 0.3 is 6.09 Å². The van der Waals surface area contributed by atoms with Crippen LogP contribution in [-0.2, 0) is 16.1 Å². The lowest BCUT2D eigenvalue weighted by Crippen LogP contribution is -2.35. The number of alkyl halides is 2. The zero-order valence-corrected chi connectivity index (χ0v) is 16.2. The summed E-state index contributed by atoms with van der Waals surface area (Å²) in [5.74, 6) is 2.06. The topological polar surface area (TPSA) is 76.5 Å². The van der Waals surface area contributed by atoms with Crippen LogP contribution in [0.3, 0.4) is 0 Å². The highest BCUT2D eigenvalue weighted by Gasteiger charge is 2.59. The number of amides is 2. The molecule has 2 unspecified atom stereocenters. The van der Waals surface area contributed by atoms with Crippen LogP contribution in [0.4, 0.5) is 13.6 Å². The van der Waals surface area contributed by atoms with Gasteiger partial charge in [0.1, 0.15) is 11.6 Å². The number of rotatable bonds is 3. The molecule has 2 amide bonds. The molecule has 1 saturated heterocycles. The maximum absolute atomic E-state index is 13.2. The third kappa shape index (κ3) is 5.00. The number of nitrogens with one attached hydrogen (secondary N) is 1.